The summed E-state index contributed by atoms with van der Waals surface area (Å²) in [5, 5.41) is 12.7. The van der Waals surface area contributed by atoms with Gasteiger partial charge in [0, 0.05) is 23.4 Å². The monoisotopic (exact) mass is 387 g/mol. The zero-order valence-corrected chi connectivity index (χ0v) is 16.4. The summed E-state index contributed by atoms with van der Waals surface area (Å²) in [7, 11) is 1.89. The van der Waals surface area contributed by atoms with Crippen molar-refractivity contribution < 1.29 is 14.3 Å². The first-order valence-corrected chi connectivity index (χ1v) is 9.23. The lowest BCUT2D eigenvalue weighted by Gasteiger charge is -2.19. The Bertz CT molecular complexity index is 986. The number of ether oxygens (including phenoxy) is 1. The largest absolute Gasteiger partial charge is 0.444 e. The quantitative estimate of drug-likeness (QED) is 0.717. The molecule has 0 spiro atoms. The van der Waals surface area contributed by atoms with Crippen LogP contribution in [-0.2, 0) is 16.6 Å². The molecule has 2 heterocycles. The van der Waals surface area contributed by atoms with Crippen molar-refractivity contribution in [2.75, 3.05) is 11.9 Å². The van der Waals surface area contributed by atoms with Gasteiger partial charge in [0.2, 0.25) is 5.91 Å². The zero-order valence-electron chi connectivity index (χ0n) is 15.6. The highest BCUT2D eigenvalue weighted by Gasteiger charge is 2.17. The molecule has 8 nitrogen and oxygen atoms in total. The Balaban J connectivity index is 1.61. The van der Waals surface area contributed by atoms with Gasteiger partial charge >= 0.3 is 6.09 Å². The number of nitrogens with one attached hydrogen (secondary N) is 2. The number of amides is 2. The van der Waals surface area contributed by atoms with E-state index in [1.54, 1.807) is 25.5 Å². The minimum Gasteiger partial charge on any atom is -0.444 e. The molecule has 0 saturated heterocycles. The Hall–Kier alpha value is -2.94. The fourth-order valence-electron chi connectivity index (χ4n) is 2.40. The first-order chi connectivity index (χ1) is 12.7. The van der Waals surface area contributed by atoms with Crippen molar-refractivity contribution in [2.45, 2.75) is 26.4 Å². The molecular formula is C18H21N5O3S. The van der Waals surface area contributed by atoms with E-state index >= 15 is 0 Å². The predicted molar refractivity (Wildman–Crippen MR) is 105 cm³/mol. The van der Waals surface area contributed by atoms with Gasteiger partial charge in [0.05, 0.1) is 17.4 Å². The fraction of sp³-hybridized carbons (Fsp3) is 0.333. The number of aryl methyl sites for hydroxylation is 1. The lowest BCUT2D eigenvalue weighted by Crippen LogP contribution is -2.37. The summed E-state index contributed by atoms with van der Waals surface area (Å²) in [5.74, 6) is -0.371. The first kappa shape index (κ1) is 18.8. The van der Waals surface area contributed by atoms with Crippen molar-refractivity contribution >= 4 is 39.4 Å². The molecule has 2 aromatic heterocycles. The smallest absolute Gasteiger partial charge is 0.408 e. The SMILES string of the molecule is Cn1ncc2ccc(-c3csc(NC(=O)CNC(=O)OC(C)(C)C)n3)cc21. The molecule has 2 N–H and O–H groups in total. The highest BCUT2D eigenvalue weighted by Crippen LogP contribution is 2.27. The standard InChI is InChI=1S/C18H21N5O3S/c1-18(2,3)26-17(25)19-9-15(24)22-16-21-13(10-27-16)11-5-6-12-8-20-23(4)14(12)7-11/h5-8,10H,9H2,1-4H3,(H,19,25)(H,21,22,24). The van der Waals surface area contributed by atoms with E-state index < -0.39 is 11.7 Å². The highest BCUT2D eigenvalue weighted by atomic mass is 32.1. The van der Waals surface area contributed by atoms with Gasteiger partial charge in [0.1, 0.15) is 12.1 Å². The number of fused-ring (bicyclic) bond motifs is 1. The molecule has 0 aliphatic heterocycles. The van der Waals surface area contributed by atoms with Gasteiger partial charge in [0.15, 0.2) is 5.13 Å². The Kier molecular flexibility index (Phi) is 5.13. The van der Waals surface area contributed by atoms with Gasteiger partial charge in [-0.15, -0.1) is 11.3 Å². The number of benzene rings is 1. The molecule has 27 heavy (non-hydrogen) atoms. The summed E-state index contributed by atoms with van der Waals surface area (Å²) in [4.78, 5) is 28.0. The van der Waals surface area contributed by atoms with Crippen molar-refractivity contribution in [1.29, 1.82) is 0 Å². The lowest BCUT2D eigenvalue weighted by molar-refractivity contribution is -0.115. The summed E-state index contributed by atoms with van der Waals surface area (Å²) in [5.41, 5.74) is 2.10. The van der Waals surface area contributed by atoms with E-state index in [1.165, 1.54) is 11.3 Å². The molecule has 0 fully saturated rings. The number of hydrogen-bond donors (Lipinski definition) is 2. The number of nitrogens with zero attached hydrogens (tertiary/aromatic N) is 3. The number of anilines is 1. The molecule has 2 amide bonds. The van der Waals surface area contributed by atoms with Crippen LogP contribution < -0.4 is 10.6 Å². The number of carbonyl (C=O) groups excluding carboxylic acids is 2. The van der Waals surface area contributed by atoms with Crippen molar-refractivity contribution in [3.05, 3.63) is 29.8 Å². The van der Waals surface area contributed by atoms with Gasteiger partial charge in [-0.25, -0.2) is 9.78 Å². The number of rotatable bonds is 4. The summed E-state index contributed by atoms with van der Waals surface area (Å²) < 4.78 is 6.89. The number of aromatic nitrogens is 3. The normalized spacial score (nSPS) is 11.4. The molecule has 0 bridgehead atoms. The second-order valence-electron chi connectivity index (χ2n) is 6.98. The number of thiazole rings is 1. The number of carbonyl (C=O) groups is 2. The molecule has 0 unspecified atom stereocenters. The van der Waals surface area contributed by atoms with Crippen molar-refractivity contribution in [3.8, 4) is 11.3 Å². The van der Waals surface area contributed by atoms with Crippen LogP contribution in [0.1, 0.15) is 20.8 Å². The van der Waals surface area contributed by atoms with Gasteiger partial charge in [-0.3, -0.25) is 9.48 Å². The molecule has 0 aliphatic carbocycles. The van der Waals surface area contributed by atoms with Crippen LogP contribution in [-0.4, -0.2) is 38.9 Å². The van der Waals surface area contributed by atoms with Crippen LogP contribution in [0.15, 0.2) is 29.8 Å². The molecule has 0 aliphatic rings. The van der Waals surface area contributed by atoms with E-state index in [0.717, 1.165) is 22.2 Å². The van der Waals surface area contributed by atoms with Crippen molar-refractivity contribution in [3.63, 3.8) is 0 Å². The molecule has 3 aromatic rings. The van der Waals surface area contributed by atoms with Crippen LogP contribution in [0.2, 0.25) is 0 Å². The third-order valence-electron chi connectivity index (χ3n) is 3.59. The molecule has 0 atom stereocenters. The second-order valence-corrected chi connectivity index (χ2v) is 7.84. The third kappa shape index (κ3) is 4.82. The number of alkyl carbamates (subject to hydrolysis) is 1. The Labute approximate surface area is 160 Å². The van der Waals surface area contributed by atoms with Crippen molar-refractivity contribution in [2.24, 2.45) is 7.05 Å². The van der Waals surface area contributed by atoms with E-state index in [9.17, 15) is 9.59 Å². The van der Waals surface area contributed by atoms with Crippen LogP contribution in [0, 0.1) is 0 Å². The molecule has 142 valence electrons. The minimum absolute atomic E-state index is 0.190. The van der Waals surface area contributed by atoms with Gasteiger partial charge in [-0.2, -0.15) is 5.10 Å². The molecule has 9 heteroatoms. The molecule has 0 radical (unpaired) electrons. The van der Waals surface area contributed by atoms with E-state index in [2.05, 4.69) is 20.7 Å². The average molecular weight is 387 g/mol. The summed E-state index contributed by atoms with van der Waals surface area (Å²) in [6.45, 7) is 5.08. The van der Waals surface area contributed by atoms with Crippen LogP contribution in [0.5, 0.6) is 0 Å². The highest BCUT2D eigenvalue weighted by molar-refractivity contribution is 7.14. The molecular weight excluding hydrogens is 366 g/mol. The Morgan fingerprint density at radius 2 is 2.07 bits per heavy atom. The van der Waals surface area contributed by atoms with Crippen LogP contribution in [0.25, 0.3) is 22.2 Å². The maximum absolute atomic E-state index is 12.0. The Morgan fingerprint density at radius 3 is 2.81 bits per heavy atom. The van der Waals surface area contributed by atoms with Gasteiger partial charge in [-0.1, -0.05) is 12.1 Å². The van der Waals surface area contributed by atoms with Crippen LogP contribution >= 0.6 is 11.3 Å². The van der Waals surface area contributed by atoms with Crippen LogP contribution in [0.4, 0.5) is 9.93 Å². The second kappa shape index (κ2) is 7.36. The minimum atomic E-state index is -0.637. The fourth-order valence-corrected chi connectivity index (χ4v) is 3.13. The third-order valence-corrected chi connectivity index (χ3v) is 4.35. The first-order valence-electron chi connectivity index (χ1n) is 8.36. The Morgan fingerprint density at radius 1 is 1.30 bits per heavy atom. The van der Waals surface area contributed by atoms with Gasteiger partial charge < -0.3 is 15.4 Å². The molecule has 3 rings (SSSR count). The maximum Gasteiger partial charge on any atom is 0.408 e. The summed E-state index contributed by atoms with van der Waals surface area (Å²) in [6, 6.07) is 5.96. The van der Waals surface area contributed by atoms with Crippen molar-refractivity contribution in [1.82, 2.24) is 20.1 Å². The van der Waals surface area contributed by atoms with E-state index in [1.807, 2.05) is 36.8 Å². The van der Waals surface area contributed by atoms with E-state index in [4.69, 9.17) is 4.74 Å². The van der Waals surface area contributed by atoms with Gasteiger partial charge in [-0.05, 0) is 26.8 Å². The zero-order chi connectivity index (χ0) is 19.6. The summed E-state index contributed by atoms with van der Waals surface area (Å²) in [6.07, 6.45) is 1.17. The predicted octanol–water partition coefficient (Wildman–Crippen LogP) is 3.16. The molecule has 0 saturated carbocycles. The van der Waals surface area contributed by atoms with Crippen LogP contribution in [0.3, 0.4) is 0 Å². The number of hydrogen-bond acceptors (Lipinski definition) is 6. The average Bonchev–Trinajstić information content (AvgIpc) is 3.18. The topological polar surface area (TPSA) is 98.1 Å². The molecule has 1 aromatic carbocycles. The lowest BCUT2D eigenvalue weighted by atomic mass is 10.1. The van der Waals surface area contributed by atoms with E-state index in [-0.39, 0.29) is 12.5 Å². The van der Waals surface area contributed by atoms with E-state index in [0.29, 0.717) is 5.13 Å². The van der Waals surface area contributed by atoms with Gasteiger partial charge in [0.25, 0.3) is 0 Å². The maximum atomic E-state index is 12.0. The summed E-state index contributed by atoms with van der Waals surface area (Å²) >= 11 is 1.32.